The maximum Gasteiger partial charge on any atom is 0.412 e. The molecular weight excluding hydrogens is 334 g/mol. The molecule has 1 aliphatic heterocycles. The molecule has 2 amide bonds. The van der Waals surface area contributed by atoms with Gasteiger partial charge in [0.1, 0.15) is 17.5 Å². The van der Waals surface area contributed by atoms with E-state index >= 15 is 0 Å². The van der Waals surface area contributed by atoms with Crippen molar-refractivity contribution in [1.29, 1.82) is 0 Å². The van der Waals surface area contributed by atoms with Gasteiger partial charge in [0, 0.05) is 24.6 Å². The Morgan fingerprint density at radius 2 is 1.96 bits per heavy atom. The zero-order chi connectivity index (χ0) is 19.5. The Labute approximate surface area is 154 Å². The Morgan fingerprint density at radius 1 is 1.27 bits per heavy atom. The Kier molecular flexibility index (Phi) is 5.68. The van der Waals surface area contributed by atoms with Gasteiger partial charge >= 0.3 is 6.09 Å². The molecule has 7 heteroatoms. The highest BCUT2D eigenvalue weighted by atomic mass is 16.6. The molecule has 144 valence electrons. The summed E-state index contributed by atoms with van der Waals surface area (Å²) in [6.07, 6.45) is 0.120. The van der Waals surface area contributed by atoms with E-state index in [0.29, 0.717) is 18.7 Å². The van der Waals surface area contributed by atoms with Crippen LogP contribution >= 0.6 is 0 Å². The molecule has 0 saturated carbocycles. The number of anilines is 2. The Morgan fingerprint density at radius 3 is 2.58 bits per heavy atom. The minimum atomic E-state index is -0.548. The van der Waals surface area contributed by atoms with Crippen molar-refractivity contribution in [3.05, 3.63) is 18.2 Å². The van der Waals surface area contributed by atoms with Crippen LogP contribution in [0.4, 0.5) is 16.2 Å². The normalized spacial score (nSPS) is 16.6. The van der Waals surface area contributed by atoms with Gasteiger partial charge < -0.3 is 20.1 Å². The number of hydrogen-bond donors (Lipinski definition) is 3. The van der Waals surface area contributed by atoms with E-state index in [-0.39, 0.29) is 17.6 Å². The number of fused-ring (bicyclic) bond motifs is 1. The lowest BCUT2D eigenvalue weighted by Gasteiger charge is -2.34. The highest BCUT2D eigenvalue weighted by Gasteiger charge is 2.28. The minimum Gasteiger partial charge on any atom is -0.486 e. The third kappa shape index (κ3) is 6.13. The summed E-state index contributed by atoms with van der Waals surface area (Å²) < 4.78 is 11.3. The second-order valence-electron chi connectivity index (χ2n) is 8.23. The average Bonchev–Trinajstić information content (AvgIpc) is 2.43. The predicted octanol–water partition coefficient (Wildman–Crippen LogP) is 3.51. The summed E-state index contributed by atoms with van der Waals surface area (Å²) in [5.74, 6) is 0.659. The molecule has 1 aliphatic rings. The van der Waals surface area contributed by atoms with Crippen molar-refractivity contribution < 1.29 is 19.1 Å². The van der Waals surface area contributed by atoms with Crippen LogP contribution in [0.3, 0.4) is 0 Å². The SMILES string of the molecule is CC(=O)NC(C)(C)C[C@H]1CNc2cc(NC(=O)OC(C)(C)C)ccc2O1. The summed E-state index contributed by atoms with van der Waals surface area (Å²) in [4.78, 5) is 23.2. The molecule has 7 nitrogen and oxygen atoms in total. The van der Waals surface area contributed by atoms with Gasteiger partial charge in [-0.1, -0.05) is 0 Å². The van der Waals surface area contributed by atoms with Crippen LogP contribution in [0.2, 0.25) is 0 Å². The van der Waals surface area contributed by atoms with E-state index in [9.17, 15) is 9.59 Å². The quantitative estimate of drug-likeness (QED) is 0.762. The van der Waals surface area contributed by atoms with Gasteiger partial charge in [0.05, 0.1) is 12.2 Å². The molecular formula is C19H29N3O4. The maximum absolute atomic E-state index is 11.9. The van der Waals surface area contributed by atoms with Crippen molar-refractivity contribution >= 4 is 23.4 Å². The van der Waals surface area contributed by atoms with Gasteiger partial charge in [-0.15, -0.1) is 0 Å². The van der Waals surface area contributed by atoms with Crippen LogP contribution in [0.1, 0.15) is 48.0 Å². The first kappa shape index (κ1) is 19.9. The number of carbonyl (C=O) groups is 2. The molecule has 3 N–H and O–H groups in total. The Balaban J connectivity index is 1.98. The van der Waals surface area contributed by atoms with Gasteiger partial charge in [-0.3, -0.25) is 10.1 Å². The van der Waals surface area contributed by atoms with E-state index in [1.165, 1.54) is 6.92 Å². The molecule has 2 rings (SSSR count). The molecule has 0 aromatic heterocycles. The number of nitrogens with one attached hydrogen (secondary N) is 3. The second kappa shape index (κ2) is 7.43. The first-order valence-electron chi connectivity index (χ1n) is 8.77. The second-order valence-corrected chi connectivity index (χ2v) is 8.23. The first-order chi connectivity index (χ1) is 11.9. The largest absolute Gasteiger partial charge is 0.486 e. The standard InChI is InChI=1S/C19H29N3O4/c1-12(23)22-19(5,6)10-14-11-20-15-9-13(7-8-16(15)25-14)21-17(24)26-18(2,3)4/h7-9,14,20H,10-11H2,1-6H3,(H,21,24)(H,22,23)/t14-/m0/s1. The number of carbonyl (C=O) groups excluding carboxylic acids is 2. The van der Waals surface area contributed by atoms with Gasteiger partial charge in [-0.05, 0) is 52.8 Å². The van der Waals surface area contributed by atoms with Crippen LogP contribution in [0, 0.1) is 0 Å². The summed E-state index contributed by atoms with van der Waals surface area (Å²) in [7, 11) is 0. The lowest BCUT2D eigenvalue weighted by atomic mass is 9.95. The summed E-state index contributed by atoms with van der Waals surface area (Å²) >= 11 is 0. The lowest BCUT2D eigenvalue weighted by Crippen LogP contribution is -2.47. The molecule has 0 fully saturated rings. The van der Waals surface area contributed by atoms with E-state index in [1.807, 2.05) is 46.8 Å². The zero-order valence-corrected chi connectivity index (χ0v) is 16.4. The summed E-state index contributed by atoms with van der Waals surface area (Å²) in [5.41, 5.74) is 0.542. The van der Waals surface area contributed by atoms with Crippen LogP contribution < -0.4 is 20.7 Å². The van der Waals surface area contributed by atoms with Crippen LogP contribution in [0.5, 0.6) is 5.75 Å². The molecule has 1 heterocycles. The fourth-order valence-corrected chi connectivity index (χ4v) is 2.93. The van der Waals surface area contributed by atoms with E-state index in [0.717, 1.165) is 11.4 Å². The third-order valence-electron chi connectivity index (χ3n) is 3.69. The Bertz CT molecular complexity index is 680. The van der Waals surface area contributed by atoms with Crippen LogP contribution in [-0.2, 0) is 9.53 Å². The molecule has 0 spiro atoms. The van der Waals surface area contributed by atoms with Crippen molar-refractivity contribution in [3.63, 3.8) is 0 Å². The summed E-state index contributed by atoms with van der Waals surface area (Å²) in [6.45, 7) is 11.5. The van der Waals surface area contributed by atoms with Crippen molar-refractivity contribution in [1.82, 2.24) is 5.32 Å². The van der Waals surface area contributed by atoms with Crippen LogP contribution in [0.15, 0.2) is 18.2 Å². The van der Waals surface area contributed by atoms with Crippen molar-refractivity contribution in [3.8, 4) is 5.75 Å². The number of hydrogen-bond acceptors (Lipinski definition) is 5. The Hall–Kier alpha value is -2.44. The zero-order valence-electron chi connectivity index (χ0n) is 16.4. The average molecular weight is 363 g/mol. The fraction of sp³-hybridized carbons (Fsp3) is 0.579. The summed E-state index contributed by atoms with van der Waals surface area (Å²) in [6, 6.07) is 5.40. The predicted molar refractivity (Wildman–Crippen MR) is 102 cm³/mol. The molecule has 26 heavy (non-hydrogen) atoms. The highest BCUT2D eigenvalue weighted by Crippen LogP contribution is 2.33. The molecule has 1 aromatic carbocycles. The molecule has 1 aromatic rings. The fourth-order valence-electron chi connectivity index (χ4n) is 2.93. The van der Waals surface area contributed by atoms with Crippen molar-refractivity contribution in [2.24, 2.45) is 0 Å². The molecule has 0 saturated heterocycles. The van der Waals surface area contributed by atoms with E-state index in [4.69, 9.17) is 9.47 Å². The molecule has 1 atom stereocenters. The third-order valence-corrected chi connectivity index (χ3v) is 3.69. The monoisotopic (exact) mass is 363 g/mol. The molecule has 0 radical (unpaired) electrons. The van der Waals surface area contributed by atoms with Gasteiger partial charge in [-0.25, -0.2) is 4.79 Å². The number of ether oxygens (including phenoxy) is 2. The molecule has 0 aliphatic carbocycles. The number of rotatable bonds is 4. The first-order valence-corrected chi connectivity index (χ1v) is 8.77. The van der Waals surface area contributed by atoms with E-state index < -0.39 is 11.7 Å². The summed E-state index contributed by atoms with van der Waals surface area (Å²) in [5, 5.41) is 8.97. The lowest BCUT2D eigenvalue weighted by molar-refractivity contribution is -0.120. The number of amides is 2. The maximum atomic E-state index is 11.9. The van der Waals surface area contributed by atoms with Gasteiger partial charge in [0.25, 0.3) is 0 Å². The van der Waals surface area contributed by atoms with E-state index in [2.05, 4.69) is 16.0 Å². The van der Waals surface area contributed by atoms with E-state index in [1.54, 1.807) is 6.07 Å². The smallest absolute Gasteiger partial charge is 0.412 e. The topological polar surface area (TPSA) is 88.7 Å². The molecule has 0 bridgehead atoms. The minimum absolute atomic E-state index is 0.0583. The van der Waals surface area contributed by atoms with Crippen LogP contribution in [-0.4, -0.2) is 35.8 Å². The molecule has 0 unspecified atom stereocenters. The van der Waals surface area contributed by atoms with Gasteiger partial charge in [-0.2, -0.15) is 0 Å². The van der Waals surface area contributed by atoms with Crippen LogP contribution in [0.25, 0.3) is 0 Å². The number of benzene rings is 1. The highest BCUT2D eigenvalue weighted by molar-refractivity contribution is 5.86. The van der Waals surface area contributed by atoms with Crippen molar-refractivity contribution in [2.75, 3.05) is 17.2 Å². The van der Waals surface area contributed by atoms with Crippen molar-refractivity contribution in [2.45, 2.75) is 65.2 Å². The van der Waals surface area contributed by atoms with Gasteiger partial charge in [0.2, 0.25) is 5.91 Å². The van der Waals surface area contributed by atoms with Gasteiger partial charge in [0.15, 0.2) is 0 Å².